The van der Waals surface area contributed by atoms with Crippen molar-refractivity contribution in [1.29, 1.82) is 0 Å². The number of carbonyl (C=O) groups excluding carboxylic acids is 1. The Hall–Kier alpha value is -1.44. The molecule has 0 aliphatic carbocycles. The largest absolute Gasteiger partial charge is 0.498 e. The molecule has 0 rings (SSSR count). The number of phosphoric acid groups is 1. The molecule has 9 heteroatoms. The van der Waals surface area contributed by atoms with E-state index in [1.807, 2.05) is 27.2 Å². The Labute approximate surface area is 378 Å². The Bertz CT molecular complexity index is 1070. The predicted molar refractivity (Wildman–Crippen MR) is 261 cm³/mol. The van der Waals surface area contributed by atoms with Crippen molar-refractivity contribution in [2.45, 2.75) is 245 Å². The molecule has 0 aromatic heterocycles. The molecule has 61 heavy (non-hydrogen) atoms. The first-order valence-electron chi connectivity index (χ1n) is 25.8. The summed E-state index contributed by atoms with van der Waals surface area (Å²) in [6.45, 7) is 4.94. The van der Waals surface area contributed by atoms with Gasteiger partial charge in [0.15, 0.2) is 6.10 Å². The second kappa shape index (κ2) is 45.1. The van der Waals surface area contributed by atoms with Gasteiger partial charge in [-0.15, -0.1) is 0 Å². The molecule has 0 radical (unpaired) electrons. The minimum atomic E-state index is -4.30. The molecule has 1 N–H and O–H groups in total. The Kier molecular flexibility index (Phi) is 44.1. The van der Waals surface area contributed by atoms with E-state index in [-0.39, 0.29) is 25.8 Å². The SMILES string of the molecule is CCCCC/C=C\C/C=C\CCCCCCCCCCCC(=O)O[C@H](COC=CCCCCCCCCCCCCCCCCCCCC)COP(=O)(O)OCC[N+](C)(C)C. The Morgan fingerprint density at radius 1 is 0.525 bits per heavy atom. The molecule has 0 bridgehead atoms. The number of unbranched alkanes of at least 4 members (excludes halogenated alkanes) is 30. The lowest BCUT2D eigenvalue weighted by atomic mass is 10.0. The molecule has 0 spiro atoms. The zero-order valence-corrected chi connectivity index (χ0v) is 41.8. The molecule has 0 heterocycles. The molecular formula is C52H101NO7P+. The standard InChI is InChI=1S/C52H100NO7P/c1-6-8-10-12-14-16-18-20-22-24-26-28-30-32-34-36-38-40-42-44-47-57-49-51(50-59-61(55,56)58-48-46-53(3,4)5)60-52(54)45-43-41-39-37-35-33-31-29-27-25-23-21-19-17-15-13-11-9-7-2/h15,17,21,23,44,47,51H,6-14,16,18-20,22,24-43,45-46,48-50H2,1-5H3/p+1/b17-15-,23-21-,47-44?/t51-/m1/s1. The summed E-state index contributed by atoms with van der Waals surface area (Å²) < 4.78 is 34.9. The normalized spacial score (nSPS) is 13.8. The molecule has 0 fully saturated rings. The zero-order chi connectivity index (χ0) is 44.8. The van der Waals surface area contributed by atoms with Crippen molar-refractivity contribution in [1.82, 2.24) is 0 Å². The van der Waals surface area contributed by atoms with Crippen LogP contribution < -0.4 is 0 Å². The average Bonchev–Trinajstić information content (AvgIpc) is 3.22. The summed E-state index contributed by atoms with van der Waals surface area (Å²) >= 11 is 0. The number of hydrogen-bond acceptors (Lipinski definition) is 6. The summed E-state index contributed by atoms with van der Waals surface area (Å²) in [7, 11) is 1.64. The van der Waals surface area contributed by atoms with Gasteiger partial charge >= 0.3 is 13.8 Å². The monoisotopic (exact) mass is 883 g/mol. The van der Waals surface area contributed by atoms with Gasteiger partial charge in [0.25, 0.3) is 0 Å². The molecule has 360 valence electrons. The molecule has 0 aromatic carbocycles. The number of rotatable bonds is 48. The third kappa shape index (κ3) is 49.4. The van der Waals surface area contributed by atoms with Gasteiger partial charge in [-0.2, -0.15) is 0 Å². The van der Waals surface area contributed by atoms with Crippen LogP contribution in [0.5, 0.6) is 0 Å². The number of esters is 1. The van der Waals surface area contributed by atoms with E-state index in [0.29, 0.717) is 17.4 Å². The summed E-state index contributed by atoms with van der Waals surface area (Å²) in [6, 6.07) is 0. The van der Waals surface area contributed by atoms with E-state index in [4.69, 9.17) is 18.5 Å². The van der Waals surface area contributed by atoms with Crippen molar-refractivity contribution >= 4 is 13.8 Å². The molecule has 1 unspecified atom stereocenters. The number of hydrogen-bond donors (Lipinski definition) is 1. The van der Waals surface area contributed by atoms with Crippen LogP contribution in [-0.4, -0.2) is 69.0 Å². The maximum Gasteiger partial charge on any atom is 0.472 e. The highest BCUT2D eigenvalue weighted by molar-refractivity contribution is 7.47. The number of likely N-dealkylation sites (N-methyl/N-ethyl adjacent to an activating group) is 1. The first-order chi connectivity index (χ1) is 29.6. The first kappa shape index (κ1) is 59.6. The van der Waals surface area contributed by atoms with Crippen LogP contribution >= 0.6 is 7.82 Å². The van der Waals surface area contributed by atoms with Gasteiger partial charge in [0, 0.05) is 6.42 Å². The lowest BCUT2D eigenvalue weighted by Crippen LogP contribution is -2.37. The number of allylic oxidation sites excluding steroid dienone is 5. The number of carbonyl (C=O) groups is 1. The van der Waals surface area contributed by atoms with Gasteiger partial charge in [-0.05, 0) is 57.4 Å². The van der Waals surface area contributed by atoms with Gasteiger partial charge in [-0.25, -0.2) is 4.57 Å². The molecule has 0 aliphatic heterocycles. The third-order valence-corrected chi connectivity index (χ3v) is 12.3. The zero-order valence-electron chi connectivity index (χ0n) is 40.9. The molecular weight excluding hydrogens is 782 g/mol. The molecule has 0 aromatic rings. The number of ether oxygens (including phenoxy) is 2. The fourth-order valence-electron chi connectivity index (χ4n) is 7.26. The Balaban J connectivity index is 4.17. The summed E-state index contributed by atoms with van der Waals surface area (Å²) in [6.07, 6.45) is 55.7. The highest BCUT2D eigenvalue weighted by Gasteiger charge is 2.26. The summed E-state index contributed by atoms with van der Waals surface area (Å²) in [5.41, 5.74) is 0. The summed E-state index contributed by atoms with van der Waals surface area (Å²) in [5.74, 6) is -0.337. The van der Waals surface area contributed by atoms with E-state index in [0.717, 1.165) is 38.5 Å². The van der Waals surface area contributed by atoms with Gasteiger partial charge in [0.05, 0.1) is 34.0 Å². The minimum absolute atomic E-state index is 0.0487. The van der Waals surface area contributed by atoms with Crippen molar-refractivity contribution in [3.05, 3.63) is 36.6 Å². The van der Waals surface area contributed by atoms with Crippen molar-refractivity contribution in [2.24, 2.45) is 0 Å². The lowest BCUT2D eigenvalue weighted by molar-refractivity contribution is -0.870. The van der Waals surface area contributed by atoms with E-state index >= 15 is 0 Å². The van der Waals surface area contributed by atoms with E-state index in [9.17, 15) is 14.3 Å². The third-order valence-electron chi connectivity index (χ3n) is 11.3. The van der Waals surface area contributed by atoms with Crippen molar-refractivity contribution in [3.63, 3.8) is 0 Å². The predicted octanol–water partition coefficient (Wildman–Crippen LogP) is 16.1. The van der Waals surface area contributed by atoms with Crippen LogP contribution in [0.25, 0.3) is 0 Å². The van der Waals surface area contributed by atoms with Gasteiger partial charge in [-0.3, -0.25) is 13.8 Å². The maximum atomic E-state index is 12.7. The van der Waals surface area contributed by atoms with Crippen LogP contribution in [0, 0.1) is 0 Å². The van der Waals surface area contributed by atoms with Crippen LogP contribution in [0.2, 0.25) is 0 Å². The smallest absolute Gasteiger partial charge is 0.472 e. The molecule has 8 nitrogen and oxygen atoms in total. The number of phosphoric ester groups is 1. The fourth-order valence-corrected chi connectivity index (χ4v) is 8.00. The van der Waals surface area contributed by atoms with Crippen molar-refractivity contribution in [2.75, 3.05) is 47.5 Å². The van der Waals surface area contributed by atoms with E-state index in [2.05, 4.69) is 38.2 Å². The molecule has 0 saturated heterocycles. The van der Waals surface area contributed by atoms with Crippen LogP contribution in [0.1, 0.15) is 239 Å². The Morgan fingerprint density at radius 3 is 1.38 bits per heavy atom. The second-order valence-electron chi connectivity index (χ2n) is 18.6. The minimum Gasteiger partial charge on any atom is -0.498 e. The highest BCUT2D eigenvalue weighted by Crippen LogP contribution is 2.43. The molecule has 2 atom stereocenters. The lowest BCUT2D eigenvalue weighted by Gasteiger charge is -2.24. The first-order valence-corrected chi connectivity index (χ1v) is 27.3. The molecule has 0 saturated carbocycles. The van der Waals surface area contributed by atoms with Crippen LogP contribution in [0.4, 0.5) is 0 Å². The van der Waals surface area contributed by atoms with Crippen LogP contribution in [-0.2, 0) is 27.9 Å². The number of quaternary nitrogens is 1. The second-order valence-corrected chi connectivity index (χ2v) is 20.1. The van der Waals surface area contributed by atoms with Crippen LogP contribution in [0.3, 0.4) is 0 Å². The summed E-state index contributed by atoms with van der Waals surface area (Å²) in [5, 5.41) is 0. The van der Waals surface area contributed by atoms with Crippen molar-refractivity contribution < 1.29 is 37.3 Å². The quantitative estimate of drug-likeness (QED) is 0.0162. The number of nitrogens with zero attached hydrogens (tertiary/aromatic N) is 1. The van der Waals surface area contributed by atoms with Gasteiger partial charge in [0.2, 0.25) is 0 Å². The fraction of sp³-hybridized carbons (Fsp3) is 0.865. The van der Waals surface area contributed by atoms with E-state index < -0.39 is 13.9 Å². The van der Waals surface area contributed by atoms with Gasteiger partial charge < -0.3 is 18.9 Å². The average molecular weight is 883 g/mol. The van der Waals surface area contributed by atoms with Crippen LogP contribution in [0.15, 0.2) is 36.6 Å². The van der Waals surface area contributed by atoms with Gasteiger partial charge in [-0.1, -0.05) is 205 Å². The summed E-state index contributed by atoms with van der Waals surface area (Å²) in [4.78, 5) is 23.0. The van der Waals surface area contributed by atoms with Gasteiger partial charge in [0.1, 0.15) is 19.8 Å². The van der Waals surface area contributed by atoms with E-state index in [1.54, 1.807) is 6.26 Å². The Morgan fingerprint density at radius 2 is 0.918 bits per heavy atom. The van der Waals surface area contributed by atoms with E-state index in [1.165, 1.54) is 180 Å². The maximum absolute atomic E-state index is 12.7. The van der Waals surface area contributed by atoms with Crippen molar-refractivity contribution in [3.8, 4) is 0 Å². The molecule has 0 amide bonds. The topological polar surface area (TPSA) is 91.3 Å². The highest BCUT2D eigenvalue weighted by atomic mass is 31.2. The molecule has 0 aliphatic rings.